The van der Waals surface area contributed by atoms with Crippen LogP contribution < -0.4 is 5.32 Å². The summed E-state index contributed by atoms with van der Waals surface area (Å²) in [5.74, 6) is -0.870. The molecule has 142 valence electrons. The maximum atomic E-state index is 13.0. The van der Waals surface area contributed by atoms with Gasteiger partial charge in [0.05, 0.1) is 22.9 Å². The van der Waals surface area contributed by atoms with E-state index in [1.54, 1.807) is 24.5 Å². The maximum absolute atomic E-state index is 13.0. The minimum atomic E-state index is -0.621. The predicted molar refractivity (Wildman–Crippen MR) is 102 cm³/mol. The number of hydrogen-bond donors (Lipinski definition) is 1. The van der Waals surface area contributed by atoms with E-state index in [1.807, 2.05) is 0 Å². The highest BCUT2D eigenvalue weighted by molar-refractivity contribution is 7.17. The summed E-state index contributed by atoms with van der Waals surface area (Å²) < 4.78 is 1.19. The van der Waals surface area contributed by atoms with Gasteiger partial charge in [0.15, 0.2) is 5.78 Å². The quantitative estimate of drug-likeness (QED) is 0.388. The summed E-state index contributed by atoms with van der Waals surface area (Å²) in [7, 11) is 0. The topological polar surface area (TPSA) is 120 Å². The van der Waals surface area contributed by atoms with E-state index < -0.39 is 10.8 Å². The zero-order chi connectivity index (χ0) is 19.7. The van der Waals surface area contributed by atoms with Crippen molar-refractivity contribution in [1.82, 2.24) is 14.8 Å². The molecule has 4 rings (SSSR count). The molecular weight excluding hydrogens is 382 g/mol. The molecule has 0 saturated heterocycles. The minimum absolute atomic E-state index is 0.146. The summed E-state index contributed by atoms with van der Waals surface area (Å²) in [6.07, 6.45) is 7.17. The van der Waals surface area contributed by atoms with E-state index >= 15 is 0 Å². The number of ketones is 1. The number of amides is 1. The van der Waals surface area contributed by atoms with E-state index in [0.717, 1.165) is 29.7 Å². The van der Waals surface area contributed by atoms with E-state index in [1.165, 1.54) is 28.3 Å². The molecule has 0 radical (unpaired) electrons. The molecule has 1 N–H and O–H groups in total. The van der Waals surface area contributed by atoms with Gasteiger partial charge in [-0.25, -0.2) is 0 Å². The van der Waals surface area contributed by atoms with Crippen LogP contribution in [0.5, 0.6) is 0 Å². The van der Waals surface area contributed by atoms with Crippen LogP contribution >= 0.6 is 11.3 Å². The van der Waals surface area contributed by atoms with Crippen molar-refractivity contribution in [2.24, 2.45) is 0 Å². The summed E-state index contributed by atoms with van der Waals surface area (Å²) in [5, 5.41) is 17.7. The normalized spacial score (nSPS) is 12.6. The summed E-state index contributed by atoms with van der Waals surface area (Å²) >= 11 is 1.41. The number of nitrogens with zero attached hydrogens (tertiary/aromatic N) is 4. The Labute approximate surface area is 163 Å². The molecule has 1 amide bonds. The van der Waals surface area contributed by atoms with Gasteiger partial charge in [-0.3, -0.25) is 14.6 Å². The number of nitrogens with one attached hydrogen (secondary N) is 1. The molecule has 1 aliphatic carbocycles. The molecule has 0 bridgehead atoms. The predicted octanol–water partition coefficient (Wildman–Crippen LogP) is 2.61. The fourth-order valence-corrected chi connectivity index (χ4v) is 4.53. The van der Waals surface area contributed by atoms with Gasteiger partial charge in [0.25, 0.3) is 0 Å². The van der Waals surface area contributed by atoms with Gasteiger partial charge in [0, 0.05) is 22.8 Å². The molecule has 0 atom stereocenters. The first-order valence-electron chi connectivity index (χ1n) is 8.60. The lowest BCUT2D eigenvalue weighted by atomic mass is 10.0. The Bertz CT molecular complexity index is 1070. The van der Waals surface area contributed by atoms with Crippen LogP contribution in [0.4, 0.5) is 10.8 Å². The Balaban J connectivity index is 1.58. The zero-order valence-corrected chi connectivity index (χ0v) is 15.4. The van der Waals surface area contributed by atoms with E-state index in [9.17, 15) is 19.7 Å². The van der Waals surface area contributed by atoms with Gasteiger partial charge in [-0.1, -0.05) is 0 Å². The highest BCUT2D eigenvalue weighted by Crippen LogP contribution is 2.40. The molecule has 0 aromatic carbocycles. The third kappa shape index (κ3) is 3.41. The lowest BCUT2D eigenvalue weighted by Gasteiger charge is -2.07. The van der Waals surface area contributed by atoms with Crippen molar-refractivity contribution in [3.8, 4) is 0 Å². The number of carbonyl (C=O) groups is 2. The zero-order valence-electron chi connectivity index (χ0n) is 14.6. The van der Waals surface area contributed by atoms with Crippen LogP contribution in [0.3, 0.4) is 0 Å². The average molecular weight is 397 g/mol. The fourth-order valence-electron chi connectivity index (χ4n) is 3.23. The number of hydrogen-bond acceptors (Lipinski definition) is 7. The van der Waals surface area contributed by atoms with Crippen LogP contribution in [-0.4, -0.2) is 31.4 Å². The Morgan fingerprint density at radius 2 is 2.04 bits per heavy atom. The first-order chi connectivity index (χ1) is 13.5. The van der Waals surface area contributed by atoms with Crippen LogP contribution in [0.2, 0.25) is 0 Å². The van der Waals surface area contributed by atoms with Crippen LogP contribution in [-0.2, 0) is 24.2 Å². The molecule has 1 aliphatic rings. The third-order valence-corrected chi connectivity index (χ3v) is 5.67. The van der Waals surface area contributed by atoms with Gasteiger partial charge in [-0.15, -0.1) is 11.3 Å². The highest BCUT2D eigenvalue weighted by atomic mass is 32.1. The molecule has 0 saturated carbocycles. The molecule has 0 spiro atoms. The molecule has 3 aromatic heterocycles. The molecule has 0 unspecified atom stereocenters. The largest absolute Gasteiger partial charge is 0.389 e. The highest BCUT2D eigenvalue weighted by Gasteiger charge is 2.28. The second kappa shape index (κ2) is 7.31. The van der Waals surface area contributed by atoms with Crippen LogP contribution in [0.1, 0.15) is 32.8 Å². The molecule has 3 heterocycles. The Kier molecular flexibility index (Phi) is 4.70. The van der Waals surface area contributed by atoms with E-state index in [2.05, 4.69) is 15.4 Å². The van der Waals surface area contributed by atoms with Crippen LogP contribution in [0, 0.1) is 10.1 Å². The van der Waals surface area contributed by atoms with Crippen molar-refractivity contribution in [3.63, 3.8) is 0 Å². The number of rotatable bonds is 6. The standard InChI is InChI=1S/C18H15N5O4S/c24-15(10-22-9-6-14(21-22)23(26)27)20-18-16(12-2-1-3-13(12)28-18)17(25)11-4-7-19-8-5-11/h4-9H,1-3,10H2,(H,20,24). The van der Waals surface area contributed by atoms with Gasteiger partial charge in [-0.2, -0.15) is 4.68 Å². The Morgan fingerprint density at radius 3 is 2.75 bits per heavy atom. The lowest BCUT2D eigenvalue weighted by molar-refractivity contribution is -0.389. The first kappa shape index (κ1) is 18.0. The van der Waals surface area contributed by atoms with Crippen LogP contribution in [0.25, 0.3) is 0 Å². The molecule has 0 aliphatic heterocycles. The van der Waals surface area contributed by atoms with E-state index in [4.69, 9.17) is 0 Å². The summed E-state index contributed by atoms with van der Waals surface area (Å²) in [6, 6.07) is 4.52. The van der Waals surface area contributed by atoms with Gasteiger partial charge in [0.1, 0.15) is 11.5 Å². The number of pyridine rings is 1. The monoisotopic (exact) mass is 397 g/mol. The smallest absolute Gasteiger partial charge is 0.358 e. The van der Waals surface area contributed by atoms with Crippen molar-refractivity contribution in [2.75, 3.05) is 5.32 Å². The average Bonchev–Trinajstić information content (AvgIpc) is 3.38. The number of nitro groups is 1. The molecule has 9 nitrogen and oxygen atoms in total. The first-order valence-corrected chi connectivity index (χ1v) is 9.41. The molecule has 10 heteroatoms. The van der Waals surface area contributed by atoms with E-state index in [0.29, 0.717) is 16.1 Å². The second-order valence-corrected chi connectivity index (χ2v) is 7.41. The second-order valence-electron chi connectivity index (χ2n) is 6.30. The molecule has 0 fully saturated rings. The number of aryl methyl sites for hydroxylation is 1. The van der Waals surface area contributed by atoms with Gasteiger partial charge >= 0.3 is 5.82 Å². The van der Waals surface area contributed by atoms with Crippen molar-refractivity contribution in [1.29, 1.82) is 0 Å². The maximum Gasteiger partial charge on any atom is 0.389 e. The number of thiophene rings is 1. The number of fused-ring (bicyclic) bond motifs is 1. The van der Waals surface area contributed by atoms with Crippen molar-refractivity contribution >= 4 is 33.8 Å². The summed E-state index contributed by atoms with van der Waals surface area (Å²) in [6.45, 7) is -0.181. The Hall–Kier alpha value is -3.40. The number of aromatic nitrogens is 3. The Morgan fingerprint density at radius 1 is 1.25 bits per heavy atom. The van der Waals surface area contributed by atoms with Crippen molar-refractivity contribution in [3.05, 3.63) is 68.5 Å². The number of anilines is 1. The fraction of sp³-hybridized carbons (Fsp3) is 0.222. The molecular formula is C18H15N5O4S. The number of carbonyl (C=O) groups excluding carboxylic acids is 2. The lowest BCUT2D eigenvalue weighted by Crippen LogP contribution is -2.20. The molecule has 3 aromatic rings. The summed E-state index contributed by atoms with van der Waals surface area (Å²) in [4.78, 5) is 40.6. The summed E-state index contributed by atoms with van der Waals surface area (Å²) in [5.41, 5.74) is 2.04. The van der Waals surface area contributed by atoms with Crippen molar-refractivity contribution in [2.45, 2.75) is 25.8 Å². The third-order valence-electron chi connectivity index (χ3n) is 4.46. The van der Waals surface area contributed by atoms with Gasteiger partial charge in [-0.05, 0) is 41.9 Å². The van der Waals surface area contributed by atoms with Crippen molar-refractivity contribution < 1.29 is 14.5 Å². The minimum Gasteiger partial charge on any atom is -0.358 e. The van der Waals surface area contributed by atoms with Gasteiger partial charge in [0.2, 0.25) is 5.91 Å². The molecule has 28 heavy (non-hydrogen) atoms. The van der Waals surface area contributed by atoms with Crippen LogP contribution in [0.15, 0.2) is 36.8 Å². The van der Waals surface area contributed by atoms with E-state index in [-0.39, 0.29) is 18.1 Å². The SMILES string of the molecule is O=C(Cn1ccc([N+](=O)[O-])n1)Nc1sc2c(c1C(=O)c1ccncc1)CCC2. The van der Waals surface area contributed by atoms with Gasteiger partial charge < -0.3 is 15.4 Å².